The monoisotopic (exact) mass is 368 g/mol. The molecule has 3 rings (SSSR count). The molecule has 0 saturated carbocycles. The molecule has 0 spiro atoms. The lowest BCUT2D eigenvalue weighted by Crippen LogP contribution is -2.30. The molecular weight excluding hydrogens is 348 g/mol. The van der Waals surface area contributed by atoms with Crippen molar-refractivity contribution in [2.75, 3.05) is 5.32 Å². The number of anilines is 1. The van der Waals surface area contributed by atoms with E-state index >= 15 is 0 Å². The fraction of sp³-hybridized carbons (Fsp3) is 0.250. The summed E-state index contributed by atoms with van der Waals surface area (Å²) >= 11 is 1.45. The van der Waals surface area contributed by atoms with Gasteiger partial charge < -0.3 is 10.1 Å². The first kappa shape index (κ1) is 18.1. The van der Waals surface area contributed by atoms with E-state index in [-0.39, 0.29) is 5.91 Å². The summed E-state index contributed by atoms with van der Waals surface area (Å²) < 4.78 is 6.24. The van der Waals surface area contributed by atoms with Crippen molar-refractivity contribution in [3.63, 3.8) is 0 Å². The van der Waals surface area contributed by atoms with Crippen LogP contribution in [-0.2, 0) is 9.53 Å². The van der Waals surface area contributed by atoms with Gasteiger partial charge in [-0.25, -0.2) is 9.78 Å². The van der Waals surface area contributed by atoms with Gasteiger partial charge in [0.1, 0.15) is 0 Å². The van der Waals surface area contributed by atoms with Gasteiger partial charge in [-0.1, -0.05) is 17.7 Å². The lowest BCUT2D eigenvalue weighted by Gasteiger charge is -2.17. The Labute approximate surface area is 156 Å². The van der Waals surface area contributed by atoms with Gasteiger partial charge in [-0.2, -0.15) is 0 Å². The van der Waals surface area contributed by atoms with Crippen LogP contribution in [0, 0.1) is 20.8 Å². The Morgan fingerprint density at radius 3 is 2.50 bits per heavy atom. The van der Waals surface area contributed by atoms with E-state index in [1.165, 1.54) is 11.3 Å². The van der Waals surface area contributed by atoms with Crippen LogP contribution in [0.15, 0.2) is 35.8 Å². The lowest BCUT2D eigenvalue weighted by molar-refractivity contribution is -0.123. The van der Waals surface area contributed by atoms with E-state index in [4.69, 9.17) is 4.74 Å². The van der Waals surface area contributed by atoms with Crippen molar-refractivity contribution < 1.29 is 14.3 Å². The summed E-state index contributed by atoms with van der Waals surface area (Å²) in [6.45, 7) is 7.46. The molecule has 0 radical (unpaired) electrons. The molecule has 1 aromatic heterocycles. The van der Waals surface area contributed by atoms with Crippen molar-refractivity contribution in [3.8, 4) is 0 Å². The van der Waals surface area contributed by atoms with Crippen LogP contribution in [0.5, 0.6) is 0 Å². The number of nitrogens with zero attached hydrogens (tertiary/aromatic N) is 1. The number of fused-ring (bicyclic) bond motifs is 1. The number of benzene rings is 2. The molecule has 1 heterocycles. The Morgan fingerprint density at radius 2 is 1.81 bits per heavy atom. The molecule has 2 aromatic carbocycles. The third-order valence-electron chi connectivity index (χ3n) is 4.15. The summed E-state index contributed by atoms with van der Waals surface area (Å²) in [5.74, 6) is -0.882. The summed E-state index contributed by atoms with van der Waals surface area (Å²) in [6.07, 6.45) is -0.903. The first-order valence-electron chi connectivity index (χ1n) is 8.28. The number of ether oxygens (including phenoxy) is 1. The summed E-state index contributed by atoms with van der Waals surface area (Å²) in [6, 6.07) is 9.16. The first-order chi connectivity index (χ1) is 12.3. The van der Waals surface area contributed by atoms with Crippen molar-refractivity contribution >= 4 is 39.1 Å². The number of thiazole rings is 1. The van der Waals surface area contributed by atoms with Crippen LogP contribution in [-0.4, -0.2) is 23.0 Å². The zero-order chi connectivity index (χ0) is 18.8. The molecule has 0 fully saturated rings. The van der Waals surface area contributed by atoms with Crippen LogP contribution in [0.1, 0.15) is 34.0 Å². The summed E-state index contributed by atoms with van der Waals surface area (Å²) in [4.78, 5) is 29.0. The third kappa shape index (κ3) is 3.75. The maximum absolute atomic E-state index is 12.4. The minimum absolute atomic E-state index is 0.354. The molecule has 134 valence electrons. The molecule has 0 unspecified atom stereocenters. The van der Waals surface area contributed by atoms with Gasteiger partial charge in [0.25, 0.3) is 5.91 Å². The number of hydrogen-bond donors (Lipinski definition) is 1. The normalized spacial score (nSPS) is 12.0. The predicted molar refractivity (Wildman–Crippen MR) is 104 cm³/mol. The summed E-state index contributed by atoms with van der Waals surface area (Å²) in [5.41, 5.74) is 6.81. The van der Waals surface area contributed by atoms with E-state index in [1.54, 1.807) is 30.6 Å². The second-order valence-corrected chi connectivity index (χ2v) is 7.23. The second-order valence-electron chi connectivity index (χ2n) is 6.35. The van der Waals surface area contributed by atoms with Gasteiger partial charge in [-0.15, -0.1) is 11.3 Å². The van der Waals surface area contributed by atoms with E-state index in [2.05, 4.69) is 10.3 Å². The number of aryl methyl sites for hydroxylation is 3. The van der Waals surface area contributed by atoms with E-state index in [0.717, 1.165) is 32.6 Å². The fourth-order valence-corrected chi connectivity index (χ4v) is 3.58. The number of rotatable bonds is 4. The quantitative estimate of drug-likeness (QED) is 0.693. The van der Waals surface area contributed by atoms with Crippen molar-refractivity contribution in [2.24, 2.45) is 0 Å². The number of nitrogens with one attached hydrogen (secondary N) is 1. The highest BCUT2D eigenvalue weighted by Gasteiger charge is 2.20. The molecule has 26 heavy (non-hydrogen) atoms. The van der Waals surface area contributed by atoms with Crippen LogP contribution >= 0.6 is 11.3 Å². The molecule has 5 nitrogen and oxygen atoms in total. The smallest absolute Gasteiger partial charge is 0.338 e. The number of esters is 1. The zero-order valence-electron chi connectivity index (χ0n) is 15.1. The molecule has 0 aliphatic rings. The molecule has 3 aromatic rings. The molecule has 6 heteroatoms. The average Bonchev–Trinajstić information content (AvgIpc) is 3.05. The highest BCUT2D eigenvalue weighted by atomic mass is 32.1. The Hall–Kier alpha value is -2.73. The highest BCUT2D eigenvalue weighted by molar-refractivity contribution is 7.16. The Bertz CT molecular complexity index is 971. The van der Waals surface area contributed by atoms with Crippen LogP contribution in [0.2, 0.25) is 0 Å². The van der Waals surface area contributed by atoms with Crippen LogP contribution in [0.3, 0.4) is 0 Å². The molecule has 0 aliphatic carbocycles. The van der Waals surface area contributed by atoms with Crippen molar-refractivity contribution in [1.82, 2.24) is 4.98 Å². The van der Waals surface area contributed by atoms with Crippen molar-refractivity contribution in [3.05, 3.63) is 58.1 Å². The number of carbonyl (C=O) groups excluding carboxylic acids is 2. The zero-order valence-corrected chi connectivity index (χ0v) is 15.9. The molecule has 0 bridgehead atoms. The predicted octanol–water partition coefficient (Wildman–Crippen LogP) is 4.41. The van der Waals surface area contributed by atoms with Crippen molar-refractivity contribution in [2.45, 2.75) is 33.8 Å². The Kier molecular flexibility index (Phi) is 5.04. The van der Waals surface area contributed by atoms with Gasteiger partial charge in [0, 0.05) is 5.69 Å². The average molecular weight is 368 g/mol. The van der Waals surface area contributed by atoms with E-state index in [1.807, 2.05) is 32.9 Å². The van der Waals surface area contributed by atoms with Crippen LogP contribution in [0.4, 0.5) is 5.69 Å². The Morgan fingerprint density at radius 1 is 1.12 bits per heavy atom. The molecule has 1 N–H and O–H groups in total. The van der Waals surface area contributed by atoms with Gasteiger partial charge in [0.15, 0.2) is 6.10 Å². The maximum Gasteiger partial charge on any atom is 0.338 e. The molecule has 0 aliphatic heterocycles. The number of amides is 1. The minimum atomic E-state index is -0.903. The van der Waals surface area contributed by atoms with Gasteiger partial charge in [-0.05, 0) is 57.0 Å². The second kappa shape index (κ2) is 7.25. The van der Waals surface area contributed by atoms with Gasteiger partial charge >= 0.3 is 5.97 Å². The standard InChI is InChI=1S/C20H20N2O3S/c1-11-7-12(2)18(13(3)8-11)22-19(23)14(4)25-20(24)15-5-6-16-17(9-15)26-10-21-16/h5-10,14H,1-4H3,(H,22,23)/t14-/m0/s1. The maximum atomic E-state index is 12.4. The fourth-order valence-electron chi connectivity index (χ4n) is 2.87. The highest BCUT2D eigenvalue weighted by Crippen LogP contribution is 2.23. The summed E-state index contributed by atoms with van der Waals surface area (Å²) in [5, 5.41) is 2.86. The number of aromatic nitrogens is 1. The topological polar surface area (TPSA) is 68.3 Å². The first-order valence-corrected chi connectivity index (χ1v) is 9.16. The molecule has 1 amide bonds. The van der Waals surface area contributed by atoms with Crippen LogP contribution in [0.25, 0.3) is 10.2 Å². The summed E-state index contributed by atoms with van der Waals surface area (Å²) in [7, 11) is 0. The van der Waals surface area contributed by atoms with E-state index in [0.29, 0.717) is 5.56 Å². The van der Waals surface area contributed by atoms with E-state index < -0.39 is 12.1 Å². The Balaban J connectivity index is 1.70. The molecule has 1 atom stereocenters. The number of carbonyl (C=O) groups is 2. The van der Waals surface area contributed by atoms with Gasteiger partial charge in [0.05, 0.1) is 21.3 Å². The number of hydrogen-bond acceptors (Lipinski definition) is 5. The van der Waals surface area contributed by atoms with Crippen molar-refractivity contribution in [1.29, 1.82) is 0 Å². The SMILES string of the molecule is Cc1cc(C)c(NC(=O)[C@H](C)OC(=O)c2ccc3ncsc3c2)c(C)c1. The lowest BCUT2D eigenvalue weighted by atomic mass is 10.0. The van der Waals surface area contributed by atoms with E-state index in [9.17, 15) is 9.59 Å². The van der Waals surface area contributed by atoms with Gasteiger partial charge in [0.2, 0.25) is 0 Å². The molecular formula is C20H20N2O3S. The third-order valence-corrected chi connectivity index (χ3v) is 4.94. The largest absolute Gasteiger partial charge is 0.449 e. The molecule has 0 saturated heterocycles. The minimum Gasteiger partial charge on any atom is -0.449 e. The van der Waals surface area contributed by atoms with Crippen LogP contribution < -0.4 is 5.32 Å². The van der Waals surface area contributed by atoms with Gasteiger partial charge in [-0.3, -0.25) is 4.79 Å².